The van der Waals surface area contributed by atoms with Gasteiger partial charge in [-0.15, -0.1) is 0 Å². The number of methoxy groups -OCH3 is 1. The molecule has 0 bridgehead atoms. The van der Waals surface area contributed by atoms with Gasteiger partial charge in [0.15, 0.2) is 0 Å². The van der Waals surface area contributed by atoms with Gasteiger partial charge < -0.3 is 14.8 Å². The lowest BCUT2D eigenvalue weighted by molar-refractivity contribution is 0.356. The SMILES string of the molecule is C=NC(=Nc1c(-c2cc(C)nn2C)cnc(NCc2c(F)ccc3c2CCO3)c1C)OC. The minimum Gasteiger partial charge on any atom is -0.493 e. The average molecular weight is 436 g/mol. The number of pyridine rings is 1. The maximum absolute atomic E-state index is 14.5. The van der Waals surface area contributed by atoms with Gasteiger partial charge >= 0.3 is 6.02 Å². The van der Waals surface area contributed by atoms with Crippen molar-refractivity contribution < 1.29 is 13.9 Å². The van der Waals surface area contributed by atoms with E-state index in [-0.39, 0.29) is 18.4 Å². The van der Waals surface area contributed by atoms with Crippen LogP contribution in [0.3, 0.4) is 0 Å². The minimum absolute atomic E-state index is 0.134. The zero-order valence-corrected chi connectivity index (χ0v) is 18.6. The van der Waals surface area contributed by atoms with Crippen LogP contribution in [0.2, 0.25) is 0 Å². The van der Waals surface area contributed by atoms with Crippen LogP contribution in [-0.4, -0.2) is 41.2 Å². The molecule has 0 spiro atoms. The summed E-state index contributed by atoms with van der Waals surface area (Å²) in [6, 6.07) is 5.20. The Bertz CT molecular complexity index is 1220. The van der Waals surface area contributed by atoms with Gasteiger partial charge in [0.05, 0.1) is 30.8 Å². The molecule has 2 aromatic heterocycles. The summed E-state index contributed by atoms with van der Waals surface area (Å²) >= 11 is 0. The predicted molar refractivity (Wildman–Crippen MR) is 122 cm³/mol. The van der Waals surface area contributed by atoms with Gasteiger partial charge in [-0.3, -0.25) is 4.68 Å². The fourth-order valence-corrected chi connectivity index (χ4v) is 3.89. The molecule has 1 aliphatic rings. The van der Waals surface area contributed by atoms with Gasteiger partial charge in [0.1, 0.15) is 17.4 Å². The van der Waals surface area contributed by atoms with E-state index in [0.29, 0.717) is 30.1 Å². The molecule has 0 amide bonds. The van der Waals surface area contributed by atoms with Gasteiger partial charge in [0.2, 0.25) is 0 Å². The van der Waals surface area contributed by atoms with Crippen molar-refractivity contribution in [2.24, 2.45) is 17.0 Å². The third-order valence-corrected chi connectivity index (χ3v) is 5.46. The Morgan fingerprint density at radius 1 is 1.38 bits per heavy atom. The fraction of sp³-hybridized carbons (Fsp3) is 0.304. The molecule has 3 heterocycles. The van der Waals surface area contributed by atoms with Crippen molar-refractivity contribution in [2.45, 2.75) is 26.8 Å². The maximum atomic E-state index is 14.5. The van der Waals surface area contributed by atoms with Crippen LogP contribution in [0.5, 0.6) is 5.75 Å². The van der Waals surface area contributed by atoms with E-state index in [9.17, 15) is 4.39 Å². The van der Waals surface area contributed by atoms with Crippen LogP contribution in [0.15, 0.2) is 34.4 Å². The smallest absolute Gasteiger partial charge is 0.316 e. The lowest BCUT2D eigenvalue weighted by atomic mass is 10.0. The van der Waals surface area contributed by atoms with E-state index in [4.69, 9.17) is 9.47 Å². The number of aryl methyl sites for hydroxylation is 2. The van der Waals surface area contributed by atoms with E-state index >= 15 is 0 Å². The van der Waals surface area contributed by atoms with E-state index in [0.717, 1.165) is 33.8 Å². The molecule has 0 atom stereocenters. The van der Waals surface area contributed by atoms with Crippen molar-refractivity contribution in [1.29, 1.82) is 0 Å². The second kappa shape index (κ2) is 8.78. The van der Waals surface area contributed by atoms with Gasteiger partial charge in [-0.2, -0.15) is 10.1 Å². The molecule has 166 valence electrons. The van der Waals surface area contributed by atoms with Crippen LogP contribution in [0.4, 0.5) is 15.9 Å². The van der Waals surface area contributed by atoms with Crippen molar-refractivity contribution in [3.05, 3.63) is 52.6 Å². The molecule has 0 aliphatic carbocycles. The largest absolute Gasteiger partial charge is 0.493 e. The number of anilines is 1. The van der Waals surface area contributed by atoms with Crippen molar-refractivity contribution in [3.8, 4) is 17.0 Å². The molecule has 8 nitrogen and oxygen atoms in total. The Hall–Kier alpha value is -3.75. The van der Waals surface area contributed by atoms with Gasteiger partial charge in [-0.25, -0.2) is 14.4 Å². The first-order chi connectivity index (χ1) is 15.4. The minimum atomic E-state index is -0.267. The number of hydrogen-bond donors (Lipinski definition) is 1. The summed E-state index contributed by atoms with van der Waals surface area (Å²) < 4.78 is 27.1. The van der Waals surface area contributed by atoms with Crippen LogP contribution in [0, 0.1) is 19.7 Å². The van der Waals surface area contributed by atoms with Gasteiger partial charge in [0.25, 0.3) is 0 Å². The number of rotatable bonds is 5. The summed E-state index contributed by atoms with van der Waals surface area (Å²) in [7, 11) is 3.35. The number of nitrogens with one attached hydrogen (secondary N) is 1. The summed E-state index contributed by atoms with van der Waals surface area (Å²) in [5, 5.41) is 7.69. The summed E-state index contributed by atoms with van der Waals surface area (Å²) in [4.78, 5) is 13.0. The number of halogens is 1. The standard InChI is InChI=1S/C23H25FN6O2/c1-13-10-19(30(4)29-13)17-12-27-22(14(2)21(17)28-23(25-3)31-5)26-11-16-15-8-9-32-20(15)7-6-18(16)24/h6-7,10,12H,3,8-9,11H2,1-2,4-5H3,(H,26,27). The molecule has 1 aliphatic heterocycles. The number of fused-ring (bicyclic) bond motifs is 1. The van der Waals surface area contributed by atoms with Crippen molar-refractivity contribution in [2.75, 3.05) is 19.0 Å². The lowest BCUT2D eigenvalue weighted by Crippen LogP contribution is -2.08. The average Bonchev–Trinajstić information content (AvgIpc) is 3.38. The van der Waals surface area contributed by atoms with Gasteiger partial charge in [-0.1, -0.05) is 0 Å². The molecule has 0 saturated heterocycles. The Balaban J connectivity index is 1.75. The van der Waals surface area contributed by atoms with Crippen molar-refractivity contribution in [3.63, 3.8) is 0 Å². The first kappa shape index (κ1) is 21.5. The number of amidine groups is 1. The van der Waals surface area contributed by atoms with Crippen LogP contribution < -0.4 is 10.1 Å². The van der Waals surface area contributed by atoms with Crippen LogP contribution in [0.1, 0.15) is 22.4 Å². The molecule has 4 rings (SSSR count). The third kappa shape index (κ3) is 3.93. The van der Waals surface area contributed by atoms with E-state index in [1.807, 2.05) is 27.0 Å². The number of ether oxygens (including phenoxy) is 2. The molecule has 0 unspecified atom stereocenters. The molecule has 1 N–H and O–H groups in total. The van der Waals surface area contributed by atoms with Crippen LogP contribution in [0.25, 0.3) is 11.3 Å². The second-order valence-electron chi connectivity index (χ2n) is 7.50. The Labute approximate surface area is 185 Å². The maximum Gasteiger partial charge on any atom is 0.316 e. The van der Waals surface area contributed by atoms with E-state index in [2.05, 4.69) is 32.1 Å². The number of aromatic nitrogens is 3. The zero-order valence-electron chi connectivity index (χ0n) is 18.6. The Kier molecular flexibility index (Phi) is 5.89. The number of nitrogens with zero attached hydrogens (tertiary/aromatic N) is 5. The van der Waals surface area contributed by atoms with E-state index in [1.165, 1.54) is 13.2 Å². The molecule has 3 aromatic rings. The molecule has 9 heteroatoms. The molecule has 0 fully saturated rings. The van der Waals surface area contributed by atoms with Crippen molar-refractivity contribution >= 4 is 24.2 Å². The van der Waals surface area contributed by atoms with Crippen LogP contribution in [-0.2, 0) is 24.8 Å². The summed E-state index contributed by atoms with van der Waals surface area (Å²) in [6.45, 7) is 8.17. The van der Waals surface area contributed by atoms with Crippen LogP contribution >= 0.6 is 0 Å². The Morgan fingerprint density at radius 3 is 2.88 bits per heavy atom. The van der Waals surface area contributed by atoms with Gasteiger partial charge in [0, 0.05) is 48.5 Å². The van der Waals surface area contributed by atoms with Gasteiger partial charge in [-0.05, 0) is 38.8 Å². The normalized spacial score (nSPS) is 13.0. The van der Waals surface area contributed by atoms with Crippen molar-refractivity contribution in [1.82, 2.24) is 14.8 Å². The quantitative estimate of drug-likeness (QED) is 0.480. The summed E-state index contributed by atoms with van der Waals surface area (Å²) in [5.74, 6) is 1.06. The predicted octanol–water partition coefficient (Wildman–Crippen LogP) is 4.12. The van der Waals surface area contributed by atoms with E-state index < -0.39 is 0 Å². The highest BCUT2D eigenvalue weighted by Gasteiger charge is 2.21. The highest BCUT2D eigenvalue weighted by molar-refractivity contribution is 5.87. The topological polar surface area (TPSA) is 85.9 Å². The molecular formula is C23H25FN6O2. The first-order valence-corrected chi connectivity index (χ1v) is 10.2. The third-order valence-electron chi connectivity index (χ3n) is 5.46. The number of benzene rings is 1. The van der Waals surface area contributed by atoms with E-state index in [1.54, 1.807) is 16.9 Å². The Morgan fingerprint density at radius 2 is 2.19 bits per heavy atom. The number of aliphatic imine (C=N–C) groups is 2. The zero-order chi connectivity index (χ0) is 22.8. The monoisotopic (exact) mass is 436 g/mol. The molecule has 32 heavy (non-hydrogen) atoms. The second-order valence-corrected chi connectivity index (χ2v) is 7.50. The first-order valence-electron chi connectivity index (χ1n) is 10.2. The highest BCUT2D eigenvalue weighted by atomic mass is 19.1. The molecular weight excluding hydrogens is 411 g/mol. The fourth-order valence-electron chi connectivity index (χ4n) is 3.89. The highest BCUT2D eigenvalue weighted by Crippen LogP contribution is 2.37. The summed E-state index contributed by atoms with van der Waals surface area (Å²) in [6.07, 6.45) is 2.41. The lowest BCUT2D eigenvalue weighted by Gasteiger charge is -2.16. The summed E-state index contributed by atoms with van der Waals surface area (Å²) in [5.41, 5.74) is 5.37. The number of hydrogen-bond acceptors (Lipinski definition) is 6. The molecule has 0 saturated carbocycles. The molecule has 1 aromatic carbocycles. The molecule has 0 radical (unpaired) electrons.